The maximum atomic E-state index is 12.7. The van der Waals surface area contributed by atoms with Gasteiger partial charge in [0.05, 0.1) is 13.7 Å². The van der Waals surface area contributed by atoms with Crippen molar-refractivity contribution in [1.29, 1.82) is 0 Å². The minimum Gasteiger partial charge on any atom is -0.464 e. The van der Waals surface area contributed by atoms with Crippen molar-refractivity contribution in [3.63, 3.8) is 0 Å². The molecule has 0 aliphatic rings. The van der Waals surface area contributed by atoms with Crippen molar-refractivity contribution in [1.82, 2.24) is 9.88 Å². The van der Waals surface area contributed by atoms with E-state index in [1.165, 1.54) is 18.4 Å². The number of amides is 2. The van der Waals surface area contributed by atoms with Crippen LogP contribution < -0.4 is 5.32 Å². The Hall–Kier alpha value is -2.41. The molecule has 2 rings (SSSR count). The molecule has 0 spiro atoms. The largest absolute Gasteiger partial charge is 0.464 e. The number of urea groups is 1. The SMILES string of the molecule is CCCN(Cc1nc(C(=O)OC)cs1)C(=O)Nc1cccc(C)c1C. The first kappa shape index (κ1) is 18.9. The first-order valence-electron chi connectivity index (χ1n) is 8.11. The Kier molecular flexibility index (Phi) is 6.52. The lowest BCUT2D eigenvalue weighted by molar-refractivity contribution is 0.0594. The molecule has 7 heteroatoms. The number of benzene rings is 1. The summed E-state index contributed by atoms with van der Waals surface area (Å²) in [7, 11) is 1.32. The number of carbonyl (C=O) groups excluding carboxylic acids is 2. The van der Waals surface area contributed by atoms with Gasteiger partial charge in [0.25, 0.3) is 0 Å². The van der Waals surface area contributed by atoms with Gasteiger partial charge in [0.2, 0.25) is 0 Å². The maximum Gasteiger partial charge on any atom is 0.357 e. The van der Waals surface area contributed by atoms with Crippen LogP contribution in [0.3, 0.4) is 0 Å². The zero-order chi connectivity index (χ0) is 18.4. The molecule has 134 valence electrons. The van der Waals surface area contributed by atoms with E-state index in [0.29, 0.717) is 18.1 Å². The number of nitrogens with zero attached hydrogens (tertiary/aromatic N) is 2. The van der Waals surface area contributed by atoms with E-state index in [2.05, 4.69) is 15.0 Å². The van der Waals surface area contributed by atoms with E-state index in [9.17, 15) is 9.59 Å². The van der Waals surface area contributed by atoms with Crippen molar-refractivity contribution < 1.29 is 14.3 Å². The molecule has 25 heavy (non-hydrogen) atoms. The monoisotopic (exact) mass is 361 g/mol. The number of hydrogen-bond acceptors (Lipinski definition) is 5. The molecule has 1 heterocycles. The highest BCUT2D eigenvalue weighted by Crippen LogP contribution is 2.19. The number of aromatic nitrogens is 1. The first-order chi connectivity index (χ1) is 12.0. The summed E-state index contributed by atoms with van der Waals surface area (Å²) in [5, 5.41) is 5.31. The zero-order valence-electron chi connectivity index (χ0n) is 15.0. The fourth-order valence-corrected chi connectivity index (χ4v) is 3.13. The molecule has 1 N–H and O–H groups in total. The van der Waals surface area contributed by atoms with Gasteiger partial charge in [0.1, 0.15) is 5.01 Å². The summed E-state index contributed by atoms with van der Waals surface area (Å²) in [6.45, 7) is 6.97. The van der Waals surface area contributed by atoms with Gasteiger partial charge in [-0.3, -0.25) is 0 Å². The lowest BCUT2D eigenvalue weighted by Crippen LogP contribution is -2.35. The van der Waals surface area contributed by atoms with Crippen molar-refractivity contribution in [2.24, 2.45) is 0 Å². The number of anilines is 1. The number of nitrogens with one attached hydrogen (secondary N) is 1. The highest BCUT2D eigenvalue weighted by Gasteiger charge is 2.18. The third-order valence-corrected chi connectivity index (χ3v) is 4.73. The smallest absolute Gasteiger partial charge is 0.357 e. The van der Waals surface area contributed by atoms with Crippen LogP contribution in [0.15, 0.2) is 23.6 Å². The Morgan fingerprint density at radius 2 is 2.08 bits per heavy atom. The fourth-order valence-electron chi connectivity index (χ4n) is 2.35. The minimum absolute atomic E-state index is 0.176. The second kappa shape index (κ2) is 8.62. The third-order valence-electron chi connectivity index (χ3n) is 3.90. The molecule has 0 bridgehead atoms. The molecule has 0 fully saturated rings. The van der Waals surface area contributed by atoms with Gasteiger partial charge in [0, 0.05) is 17.6 Å². The van der Waals surface area contributed by atoms with Crippen LogP contribution in [0.1, 0.15) is 40.0 Å². The minimum atomic E-state index is -0.468. The quantitative estimate of drug-likeness (QED) is 0.790. The summed E-state index contributed by atoms with van der Waals surface area (Å²) in [6.07, 6.45) is 0.829. The van der Waals surface area contributed by atoms with E-state index in [1.54, 1.807) is 10.3 Å². The average molecular weight is 361 g/mol. The van der Waals surface area contributed by atoms with Crippen LogP contribution >= 0.6 is 11.3 Å². The molecule has 6 nitrogen and oxygen atoms in total. The molecular weight excluding hydrogens is 338 g/mol. The van der Waals surface area contributed by atoms with Crippen LogP contribution in [-0.2, 0) is 11.3 Å². The topological polar surface area (TPSA) is 71.5 Å². The van der Waals surface area contributed by atoms with Crippen LogP contribution in [0.25, 0.3) is 0 Å². The maximum absolute atomic E-state index is 12.7. The van der Waals surface area contributed by atoms with Crippen LogP contribution in [0.4, 0.5) is 10.5 Å². The number of thiazole rings is 1. The molecule has 1 aromatic heterocycles. The van der Waals surface area contributed by atoms with Crippen LogP contribution in [0.5, 0.6) is 0 Å². The molecule has 0 saturated carbocycles. The summed E-state index contributed by atoms with van der Waals surface area (Å²) in [5.41, 5.74) is 3.26. The highest BCUT2D eigenvalue weighted by molar-refractivity contribution is 7.09. The molecule has 0 aliphatic heterocycles. The van der Waals surface area contributed by atoms with Gasteiger partial charge in [-0.1, -0.05) is 19.1 Å². The molecule has 0 saturated heterocycles. The van der Waals surface area contributed by atoms with Gasteiger partial charge in [-0.2, -0.15) is 0 Å². The Balaban J connectivity index is 2.11. The lowest BCUT2D eigenvalue weighted by Gasteiger charge is -2.22. The number of ether oxygens (including phenoxy) is 1. The van der Waals surface area contributed by atoms with Crippen LogP contribution in [0.2, 0.25) is 0 Å². The number of carbonyl (C=O) groups is 2. The summed E-state index contributed by atoms with van der Waals surface area (Å²) in [4.78, 5) is 30.1. The standard InChI is InChI=1S/C18H23N3O3S/c1-5-9-21(10-16-19-15(11-25-16)17(22)24-4)18(23)20-14-8-6-7-12(2)13(14)3/h6-8,11H,5,9-10H2,1-4H3,(H,20,23). The summed E-state index contributed by atoms with van der Waals surface area (Å²) in [6, 6.07) is 5.65. The molecule has 0 atom stereocenters. The van der Waals surface area contributed by atoms with Crippen molar-refractivity contribution in [2.75, 3.05) is 19.0 Å². The van der Waals surface area contributed by atoms with E-state index >= 15 is 0 Å². The average Bonchev–Trinajstić information content (AvgIpc) is 3.06. The normalized spacial score (nSPS) is 10.4. The first-order valence-corrected chi connectivity index (χ1v) is 8.99. The summed E-state index contributed by atoms with van der Waals surface area (Å²) in [5.74, 6) is -0.468. The van der Waals surface area contributed by atoms with Crippen LogP contribution in [0, 0.1) is 13.8 Å². The predicted octanol–water partition coefficient (Wildman–Crippen LogP) is 3.99. The molecule has 2 amide bonds. The van der Waals surface area contributed by atoms with Crippen LogP contribution in [-0.4, -0.2) is 35.5 Å². The predicted molar refractivity (Wildman–Crippen MR) is 99.1 cm³/mol. The fraction of sp³-hybridized carbons (Fsp3) is 0.389. The van der Waals surface area contributed by atoms with E-state index in [0.717, 1.165) is 23.2 Å². The number of rotatable bonds is 6. The van der Waals surface area contributed by atoms with Crippen molar-refractivity contribution in [3.8, 4) is 0 Å². The van der Waals surface area contributed by atoms with Gasteiger partial charge >= 0.3 is 12.0 Å². The molecule has 2 aromatic rings. The summed E-state index contributed by atoms with van der Waals surface area (Å²) < 4.78 is 4.67. The van der Waals surface area contributed by atoms with Crippen molar-refractivity contribution >= 4 is 29.0 Å². The number of methoxy groups -OCH3 is 1. The highest BCUT2D eigenvalue weighted by atomic mass is 32.1. The Morgan fingerprint density at radius 1 is 1.32 bits per heavy atom. The number of aryl methyl sites for hydroxylation is 1. The zero-order valence-corrected chi connectivity index (χ0v) is 15.8. The number of esters is 1. The molecule has 1 aromatic carbocycles. The lowest BCUT2D eigenvalue weighted by atomic mass is 10.1. The van der Waals surface area contributed by atoms with Crippen molar-refractivity contribution in [3.05, 3.63) is 45.4 Å². The molecule has 0 radical (unpaired) electrons. The van der Waals surface area contributed by atoms with E-state index in [4.69, 9.17) is 0 Å². The summed E-state index contributed by atoms with van der Waals surface area (Å²) >= 11 is 1.34. The second-order valence-electron chi connectivity index (χ2n) is 5.72. The molecule has 0 aliphatic carbocycles. The van der Waals surface area contributed by atoms with Crippen molar-refractivity contribution in [2.45, 2.75) is 33.7 Å². The van der Waals surface area contributed by atoms with Gasteiger partial charge in [-0.25, -0.2) is 14.6 Å². The Bertz CT molecular complexity index is 758. The second-order valence-corrected chi connectivity index (χ2v) is 6.66. The molecular formula is C18H23N3O3S. The van der Waals surface area contributed by atoms with E-state index < -0.39 is 5.97 Å². The third kappa shape index (κ3) is 4.79. The van der Waals surface area contributed by atoms with E-state index in [1.807, 2.05) is 39.0 Å². The number of hydrogen-bond donors (Lipinski definition) is 1. The molecule has 0 unspecified atom stereocenters. The van der Waals surface area contributed by atoms with Gasteiger partial charge in [0.15, 0.2) is 5.69 Å². The van der Waals surface area contributed by atoms with Gasteiger partial charge < -0.3 is 15.0 Å². The van der Waals surface area contributed by atoms with Gasteiger partial charge in [-0.05, 0) is 37.5 Å². The Labute approximate surface area is 151 Å². The van der Waals surface area contributed by atoms with E-state index in [-0.39, 0.29) is 11.7 Å². The van der Waals surface area contributed by atoms with Gasteiger partial charge in [-0.15, -0.1) is 11.3 Å². The Morgan fingerprint density at radius 3 is 2.76 bits per heavy atom.